The fourth-order valence-corrected chi connectivity index (χ4v) is 4.02. The number of amides is 1. The Balaban J connectivity index is 2.85. The molecular formula is C18H33NO4S. The highest BCUT2D eigenvalue weighted by molar-refractivity contribution is 7.99. The van der Waals surface area contributed by atoms with E-state index >= 15 is 0 Å². The molecule has 0 aromatic carbocycles. The van der Waals surface area contributed by atoms with Gasteiger partial charge in [-0.05, 0) is 60.6 Å². The van der Waals surface area contributed by atoms with Crippen LogP contribution in [0.1, 0.15) is 61.3 Å². The van der Waals surface area contributed by atoms with Gasteiger partial charge < -0.3 is 14.4 Å². The molecule has 0 N–H and O–H groups in total. The van der Waals surface area contributed by atoms with Crippen molar-refractivity contribution in [3.63, 3.8) is 0 Å². The summed E-state index contributed by atoms with van der Waals surface area (Å²) in [4.78, 5) is 26.7. The first-order valence-electron chi connectivity index (χ1n) is 8.61. The zero-order valence-electron chi connectivity index (χ0n) is 16.3. The lowest BCUT2D eigenvalue weighted by Crippen LogP contribution is -2.47. The van der Waals surface area contributed by atoms with E-state index in [1.165, 1.54) is 0 Å². The third-order valence-corrected chi connectivity index (χ3v) is 5.12. The highest BCUT2D eigenvalue weighted by atomic mass is 32.2. The molecule has 1 rings (SSSR count). The molecule has 1 amide bonds. The number of ether oxygens (including phenoxy) is 2. The average molecular weight is 360 g/mol. The van der Waals surface area contributed by atoms with Crippen LogP contribution in [0.4, 0.5) is 4.79 Å². The molecule has 0 bridgehead atoms. The summed E-state index contributed by atoms with van der Waals surface area (Å²) < 4.78 is 11.1. The number of carbonyl (C=O) groups is 2. The molecule has 1 heterocycles. The zero-order valence-corrected chi connectivity index (χ0v) is 17.2. The van der Waals surface area contributed by atoms with Crippen LogP contribution >= 0.6 is 11.8 Å². The van der Waals surface area contributed by atoms with Crippen LogP contribution in [0.5, 0.6) is 0 Å². The van der Waals surface area contributed by atoms with E-state index in [1.807, 2.05) is 54.7 Å². The Bertz CT molecular complexity index is 453. The first-order chi connectivity index (χ1) is 10.9. The molecule has 1 saturated heterocycles. The molecule has 0 aromatic heterocycles. The maximum absolute atomic E-state index is 12.5. The fraction of sp³-hybridized carbons (Fsp3) is 0.889. The molecule has 0 spiro atoms. The average Bonchev–Trinajstić information content (AvgIpc) is 2.84. The molecule has 1 aliphatic rings. The summed E-state index contributed by atoms with van der Waals surface area (Å²) in [7, 11) is 0. The van der Waals surface area contributed by atoms with E-state index < -0.39 is 11.2 Å². The molecule has 0 radical (unpaired) electrons. The van der Waals surface area contributed by atoms with Gasteiger partial charge in [-0.25, -0.2) is 4.79 Å². The smallest absolute Gasteiger partial charge is 0.410 e. The quantitative estimate of drug-likeness (QED) is 0.708. The van der Waals surface area contributed by atoms with Crippen LogP contribution in [0.15, 0.2) is 0 Å². The maximum atomic E-state index is 12.5. The predicted molar refractivity (Wildman–Crippen MR) is 98.3 cm³/mol. The fourth-order valence-electron chi connectivity index (χ4n) is 2.90. The van der Waals surface area contributed by atoms with Crippen molar-refractivity contribution in [2.24, 2.45) is 5.92 Å². The van der Waals surface area contributed by atoms with Crippen molar-refractivity contribution in [1.82, 2.24) is 4.90 Å². The van der Waals surface area contributed by atoms with Crippen LogP contribution in [-0.4, -0.2) is 52.3 Å². The van der Waals surface area contributed by atoms with Crippen molar-refractivity contribution in [3.05, 3.63) is 0 Å². The van der Waals surface area contributed by atoms with E-state index in [-0.39, 0.29) is 29.3 Å². The van der Waals surface area contributed by atoms with Gasteiger partial charge in [-0.1, -0.05) is 6.92 Å². The standard InChI is InChI=1S/C18H33NO4S/c1-12(15(20)22-17(2,3)4)14(24-8)13-10-9-11-19(13)16(21)23-18(5,6)7/h12-14H,9-11H2,1-8H3/t12?,13-,14?/m0/s1. The predicted octanol–water partition coefficient (Wildman–Crippen LogP) is 4.10. The number of likely N-dealkylation sites (tertiary alicyclic amines) is 1. The van der Waals surface area contributed by atoms with Crippen molar-refractivity contribution in [3.8, 4) is 0 Å². The molecule has 2 unspecified atom stereocenters. The van der Waals surface area contributed by atoms with E-state index in [2.05, 4.69) is 0 Å². The van der Waals surface area contributed by atoms with Crippen LogP contribution in [0.2, 0.25) is 0 Å². The van der Waals surface area contributed by atoms with Gasteiger partial charge in [0.15, 0.2) is 0 Å². The summed E-state index contributed by atoms with van der Waals surface area (Å²) in [6, 6.07) is -0.00244. The van der Waals surface area contributed by atoms with Crippen molar-refractivity contribution >= 4 is 23.8 Å². The highest BCUT2D eigenvalue weighted by Gasteiger charge is 2.41. The van der Waals surface area contributed by atoms with Gasteiger partial charge in [0.05, 0.1) is 5.92 Å². The van der Waals surface area contributed by atoms with Gasteiger partial charge in [-0.3, -0.25) is 4.79 Å². The number of hydrogen-bond donors (Lipinski definition) is 0. The summed E-state index contributed by atoms with van der Waals surface area (Å²) >= 11 is 1.62. The Morgan fingerprint density at radius 1 is 1.08 bits per heavy atom. The van der Waals surface area contributed by atoms with Gasteiger partial charge >= 0.3 is 12.1 Å². The Labute approximate surface area is 150 Å². The minimum absolute atomic E-state index is 0.00244. The molecule has 5 nitrogen and oxygen atoms in total. The van der Waals surface area contributed by atoms with Gasteiger partial charge in [0.1, 0.15) is 11.2 Å². The van der Waals surface area contributed by atoms with Gasteiger partial charge in [-0.2, -0.15) is 11.8 Å². The second-order valence-corrected chi connectivity index (χ2v) is 9.42. The second-order valence-electron chi connectivity index (χ2n) is 8.41. The molecule has 1 fully saturated rings. The molecule has 0 saturated carbocycles. The van der Waals surface area contributed by atoms with Crippen LogP contribution in [-0.2, 0) is 14.3 Å². The summed E-state index contributed by atoms with van der Waals surface area (Å²) in [5.41, 5.74) is -1.02. The van der Waals surface area contributed by atoms with Crippen LogP contribution in [0.3, 0.4) is 0 Å². The Morgan fingerprint density at radius 2 is 1.62 bits per heavy atom. The Hall–Kier alpha value is -0.910. The number of thioether (sulfide) groups is 1. The number of esters is 1. The van der Waals surface area contributed by atoms with Crippen molar-refractivity contribution in [1.29, 1.82) is 0 Å². The SMILES string of the molecule is CSC(C(C)C(=O)OC(C)(C)C)[C@@H]1CCCN1C(=O)OC(C)(C)C. The van der Waals surface area contributed by atoms with E-state index in [9.17, 15) is 9.59 Å². The van der Waals surface area contributed by atoms with Crippen LogP contribution < -0.4 is 0 Å². The lowest BCUT2D eigenvalue weighted by atomic mass is 9.99. The topological polar surface area (TPSA) is 55.8 Å². The number of hydrogen-bond acceptors (Lipinski definition) is 5. The van der Waals surface area contributed by atoms with Gasteiger partial charge in [0, 0.05) is 17.8 Å². The van der Waals surface area contributed by atoms with E-state index in [0.717, 1.165) is 12.8 Å². The van der Waals surface area contributed by atoms with Crippen molar-refractivity contribution in [2.75, 3.05) is 12.8 Å². The summed E-state index contributed by atoms with van der Waals surface area (Å²) in [6.45, 7) is 13.8. The normalized spacial score (nSPS) is 21.3. The summed E-state index contributed by atoms with van der Waals surface area (Å²) in [5.74, 6) is -0.495. The Kier molecular flexibility index (Phi) is 7.03. The third-order valence-electron chi connectivity index (χ3n) is 3.85. The minimum atomic E-state index is -0.518. The minimum Gasteiger partial charge on any atom is -0.460 e. The molecule has 140 valence electrons. The monoisotopic (exact) mass is 359 g/mol. The lowest BCUT2D eigenvalue weighted by Gasteiger charge is -2.35. The van der Waals surface area contributed by atoms with Gasteiger partial charge in [-0.15, -0.1) is 0 Å². The molecular weight excluding hydrogens is 326 g/mol. The van der Waals surface area contributed by atoms with E-state index in [0.29, 0.717) is 6.54 Å². The zero-order chi connectivity index (χ0) is 18.7. The third kappa shape index (κ3) is 6.19. The van der Waals surface area contributed by atoms with E-state index in [1.54, 1.807) is 16.7 Å². The lowest BCUT2D eigenvalue weighted by molar-refractivity contribution is -0.159. The first kappa shape index (κ1) is 21.1. The second kappa shape index (κ2) is 7.98. The number of carbonyl (C=O) groups excluding carboxylic acids is 2. The number of rotatable bonds is 4. The van der Waals surface area contributed by atoms with Gasteiger partial charge in [0.25, 0.3) is 0 Å². The number of nitrogens with zero attached hydrogens (tertiary/aromatic N) is 1. The van der Waals surface area contributed by atoms with Crippen LogP contribution in [0, 0.1) is 5.92 Å². The molecule has 3 atom stereocenters. The van der Waals surface area contributed by atoms with Crippen molar-refractivity contribution in [2.45, 2.75) is 83.8 Å². The molecule has 1 aliphatic heterocycles. The van der Waals surface area contributed by atoms with Gasteiger partial charge in [0.2, 0.25) is 0 Å². The Morgan fingerprint density at radius 3 is 2.08 bits per heavy atom. The van der Waals surface area contributed by atoms with E-state index in [4.69, 9.17) is 9.47 Å². The molecule has 6 heteroatoms. The molecule has 24 heavy (non-hydrogen) atoms. The molecule has 0 aromatic rings. The molecule has 0 aliphatic carbocycles. The first-order valence-corrected chi connectivity index (χ1v) is 9.90. The highest BCUT2D eigenvalue weighted by Crippen LogP contribution is 2.33. The maximum Gasteiger partial charge on any atom is 0.410 e. The van der Waals surface area contributed by atoms with Crippen molar-refractivity contribution < 1.29 is 19.1 Å². The summed E-state index contributed by atoms with van der Waals surface area (Å²) in [6.07, 6.45) is 3.51. The summed E-state index contributed by atoms with van der Waals surface area (Å²) in [5, 5.41) is -0.00475. The largest absolute Gasteiger partial charge is 0.460 e. The van der Waals surface area contributed by atoms with Crippen LogP contribution in [0.25, 0.3) is 0 Å².